The van der Waals surface area contributed by atoms with Crippen LogP contribution in [0.5, 0.6) is 0 Å². The summed E-state index contributed by atoms with van der Waals surface area (Å²) in [7, 11) is 0. The third-order valence-corrected chi connectivity index (χ3v) is 5.18. The number of benzene rings is 1. The monoisotopic (exact) mass is 342 g/mol. The molecule has 1 aliphatic heterocycles. The second kappa shape index (κ2) is 9.43. The van der Waals surface area contributed by atoms with Gasteiger partial charge < -0.3 is 10.6 Å². The van der Waals surface area contributed by atoms with Gasteiger partial charge in [-0.15, -0.1) is 24.2 Å². The summed E-state index contributed by atoms with van der Waals surface area (Å²) < 4.78 is 0. The molecule has 22 heavy (non-hydrogen) atoms. The first kappa shape index (κ1) is 19.3. The van der Waals surface area contributed by atoms with Crippen LogP contribution in [0.1, 0.15) is 37.3 Å². The first-order valence-corrected chi connectivity index (χ1v) is 8.77. The van der Waals surface area contributed by atoms with Crippen LogP contribution in [0.2, 0.25) is 0 Å². The zero-order valence-electron chi connectivity index (χ0n) is 13.6. The molecular weight excluding hydrogens is 316 g/mol. The predicted molar refractivity (Wildman–Crippen MR) is 97.1 cm³/mol. The number of rotatable bonds is 5. The van der Waals surface area contributed by atoms with Crippen molar-refractivity contribution in [3.63, 3.8) is 0 Å². The number of carbonyl (C=O) groups excluding carboxylic acids is 1. The third-order valence-electron chi connectivity index (χ3n) is 4.18. The van der Waals surface area contributed by atoms with Gasteiger partial charge in [-0.25, -0.2) is 0 Å². The van der Waals surface area contributed by atoms with Gasteiger partial charge in [0.25, 0.3) is 0 Å². The van der Waals surface area contributed by atoms with E-state index in [0.717, 1.165) is 25.1 Å². The Hall–Kier alpha value is -0.710. The van der Waals surface area contributed by atoms with E-state index in [4.69, 9.17) is 0 Å². The van der Waals surface area contributed by atoms with E-state index in [1.54, 1.807) is 11.8 Å². The highest BCUT2D eigenvalue weighted by atomic mass is 35.5. The maximum atomic E-state index is 12.0. The van der Waals surface area contributed by atoms with Crippen LogP contribution < -0.4 is 10.6 Å². The average Bonchev–Trinajstić information content (AvgIpc) is 2.45. The summed E-state index contributed by atoms with van der Waals surface area (Å²) in [5, 5.41) is 6.57. The minimum absolute atomic E-state index is 0. The van der Waals surface area contributed by atoms with E-state index in [-0.39, 0.29) is 24.4 Å². The molecule has 1 amide bonds. The molecule has 1 heterocycles. The zero-order valence-corrected chi connectivity index (χ0v) is 15.3. The summed E-state index contributed by atoms with van der Waals surface area (Å²) >= 11 is 1.76. The van der Waals surface area contributed by atoms with Crippen LogP contribution in [0, 0.1) is 13.8 Å². The normalized spacial score (nSPS) is 21.0. The number of halogens is 1. The molecule has 2 unspecified atom stereocenters. The molecule has 0 bridgehead atoms. The van der Waals surface area contributed by atoms with Gasteiger partial charge in [0.1, 0.15) is 0 Å². The summed E-state index contributed by atoms with van der Waals surface area (Å²) in [4.78, 5) is 13.3. The quantitative estimate of drug-likeness (QED) is 0.805. The van der Waals surface area contributed by atoms with Crippen molar-refractivity contribution in [2.45, 2.75) is 57.0 Å². The Labute approximate surface area is 144 Å². The van der Waals surface area contributed by atoms with E-state index in [1.165, 1.54) is 16.0 Å². The first-order chi connectivity index (χ1) is 10.1. The molecule has 2 rings (SSSR count). The highest BCUT2D eigenvalue weighted by Crippen LogP contribution is 2.21. The zero-order chi connectivity index (χ0) is 15.2. The minimum Gasteiger partial charge on any atom is -0.352 e. The fourth-order valence-corrected chi connectivity index (χ4v) is 3.53. The van der Waals surface area contributed by atoms with E-state index < -0.39 is 0 Å². The molecule has 1 saturated heterocycles. The number of amides is 1. The number of aryl methyl sites for hydroxylation is 2. The lowest BCUT2D eigenvalue weighted by atomic mass is 10.00. The summed E-state index contributed by atoms with van der Waals surface area (Å²) in [6, 6.07) is 7.16. The van der Waals surface area contributed by atoms with Crippen molar-refractivity contribution in [2.75, 3.05) is 12.3 Å². The molecule has 0 aliphatic carbocycles. The van der Waals surface area contributed by atoms with E-state index in [1.807, 2.05) is 0 Å². The summed E-state index contributed by atoms with van der Waals surface area (Å²) in [6.07, 6.45) is 2.82. The number of hydrogen-bond donors (Lipinski definition) is 2. The number of carbonyl (C=O) groups is 1. The van der Waals surface area contributed by atoms with Crippen molar-refractivity contribution in [1.29, 1.82) is 0 Å². The maximum Gasteiger partial charge on any atom is 0.221 e. The van der Waals surface area contributed by atoms with Crippen LogP contribution in [0.3, 0.4) is 0 Å². The Morgan fingerprint density at radius 3 is 2.82 bits per heavy atom. The minimum atomic E-state index is 0. The van der Waals surface area contributed by atoms with Gasteiger partial charge in [-0.2, -0.15) is 0 Å². The second-order valence-electron chi connectivity index (χ2n) is 5.90. The van der Waals surface area contributed by atoms with Crippen LogP contribution >= 0.6 is 24.2 Å². The lowest BCUT2D eigenvalue weighted by molar-refractivity contribution is -0.121. The average molecular weight is 343 g/mol. The fraction of sp³-hybridized carbons (Fsp3) is 0.588. The van der Waals surface area contributed by atoms with Crippen LogP contribution in [0.4, 0.5) is 0 Å². The molecule has 1 aromatic rings. The molecule has 2 N–H and O–H groups in total. The van der Waals surface area contributed by atoms with Gasteiger partial charge in [0.2, 0.25) is 5.91 Å². The highest BCUT2D eigenvalue weighted by molar-refractivity contribution is 7.99. The van der Waals surface area contributed by atoms with E-state index in [2.05, 4.69) is 49.6 Å². The van der Waals surface area contributed by atoms with E-state index in [0.29, 0.717) is 12.5 Å². The molecule has 1 fully saturated rings. The molecule has 2 atom stereocenters. The number of hydrogen-bond acceptors (Lipinski definition) is 3. The molecule has 124 valence electrons. The van der Waals surface area contributed by atoms with Gasteiger partial charge in [0.05, 0.1) is 0 Å². The molecule has 1 aromatic carbocycles. The van der Waals surface area contributed by atoms with Crippen molar-refractivity contribution in [2.24, 2.45) is 0 Å². The Morgan fingerprint density at radius 1 is 1.36 bits per heavy atom. The summed E-state index contributed by atoms with van der Waals surface area (Å²) in [5.74, 6) is 1.01. The molecule has 0 saturated carbocycles. The molecule has 5 heteroatoms. The van der Waals surface area contributed by atoms with Gasteiger partial charge in [0, 0.05) is 29.2 Å². The highest BCUT2D eigenvalue weighted by Gasteiger charge is 2.21. The maximum absolute atomic E-state index is 12.0. The van der Waals surface area contributed by atoms with Crippen molar-refractivity contribution in [1.82, 2.24) is 10.6 Å². The largest absolute Gasteiger partial charge is 0.352 e. The number of thioether (sulfide) groups is 1. The van der Waals surface area contributed by atoms with E-state index in [9.17, 15) is 4.79 Å². The lowest BCUT2D eigenvalue weighted by Crippen LogP contribution is -2.51. The number of piperidine rings is 1. The molecular formula is C17H27ClN2OS. The van der Waals surface area contributed by atoms with Crippen molar-refractivity contribution in [3.8, 4) is 0 Å². The predicted octanol–water partition coefficient (Wildman–Crippen LogP) is 3.46. The third kappa shape index (κ3) is 5.82. The first-order valence-electron chi connectivity index (χ1n) is 7.79. The Morgan fingerprint density at radius 2 is 2.14 bits per heavy atom. The van der Waals surface area contributed by atoms with Gasteiger partial charge >= 0.3 is 0 Å². The Bertz CT molecular complexity index is 496. The smallest absolute Gasteiger partial charge is 0.221 e. The van der Waals surface area contributed by atoms with Crippen molar-refractivity contribution < 1.29 is 4.79 Å². The molecule has 3 nitrogen and oxygen atoms in total. The lowest BCUT2D eigenvalue weighted by Gasteiger charge is -2.30. The van der Waals surface area contributed by atoms with Crippen LogP contribution in [0.15, 0.2) is 23.1 Å². The summed E-state index contributed by atoms with van der Waals surface area (Å²) in [6.45, 7) is 7.46. The summed E-state index contributed by atoms with van der Waals surface area (Å²) in [5.41, 5.74) is 2.63. The topological polar surface area (TPSA) is 41.1 Å². The Balaban J connectivity index is 0.00000242. The SMILES string of the molecule is Cc1ccc(SCCC(=O)NC2CCCNC2C)cc1C.Cl. The Kier molecular flexibility index (Phi) is 8.29. The second-order valence-corrected chi connectivity index (χ2v) is 7.07. The molecule has 0 aromatic heterocycles. The van der Waals surface area contributed by atoms with Crippen LogP contribution in [0.25, 0.3) is 0 Å². The molecule has 1 aliphatic rings. The van der Waals surface area contributed by atoms with Gasteiger partial charge in [-0.05, 0) is 63.4 Å². The molecule has 0 spiro atoms. The standard InChI is InChI=1S/C17H26N2OS.ClH/c1-12-6-7-15(11-13(12)2)21-10-8-17(20)19-16-5-4-9-18-14(16)3;/h6-7,11,14,16,18H,4-5,8-10H2,1-3H3,(H,19,20);1H. The fourth-order valence-electron chi connectivity index (χ4n) is 2.59. The van der Waals surface area contributed by atoms with E-state index >= 15 is 0 Å². The van der Waals surface area contributed by atoms with Gasteiger partial charge in [0.15, 0.2) is 0 Å². The number of nitrogens with one attached hydrogen (secondary N) is 2. The van der Waals surface area contributed by atoms with Gasteiger partial charge in [-0.3, -0.25) is 4.79 Å². The van der Waals surface area contributed by atoms with Gasteiger partial charge in [-0.1, -0.05) is 6.07 Å². The van der Waals surface area contributed by atoms with Crippen LogP contribution in [-0.2, 0) is 4.79 Å². The van der Waals surface area contributed by atoms with Crippen LogP contribution in [-0.4, -0.2) is 30.3 Å². The van der Waals surface area contributed by atoms with Crippen molar-refractivity contribution >= 4 is 30.1 Å². The van der Waals surface area contributed by atoms with Crippen molar-refractivity contribution in [3.05, 3.63) is 29.3 Å². The molecule has 0 radical (unpaired) electrons.